The van der Waals surface area contributed by atoms with Gasteiger partial charge in [-0.2, -0.15) is 0 Å². The lowest BCUT2D eigenvalue weighted by atomic mass is 9.86. The van der Waals surface area contributed by atoms with Crippen molar-refractivity contribution in [3.05, 3.63) is 36.4 Å². The first-order valence-corrected chi connectivity index (χ1v) is 8.34. The number of fused-ring (bicyclic) bond motifs is 1. The highest BCUT2D eigenvalue weighted by Gasteiger charge is 2.21. The van der Waals surface area contributed by atoms with Gasteiger partial charge in [-0.1, -0.05) is 44.0 Å². The average Bonchev–Trinajstić information content (AvgIpc) is 2.51. The summed E-state index contributed by atoms with van der Waals surface area (Å²) in [5.41, 5.74) is 0.925. The minimum atomic E-state index is 0.293. The summed E-state index contributed by atoms with van der Waals surface area (Å²) < 4.78 is 0. The molecule has 4 heteroatoms. The van der Waals surface area contributed by atoms with Crippen LogP contribution in [0.4, 0.5) is 5.69 Å². The Bertz CT molecular complexity index is 686. The Morgan fingerprint density at radius 1 is 1.09 bits per heavy atom. The van der Waals surface area contributed by atoms with Gasteiger partial charge in [-0.3, -0.25) is 0 Å². The van der Waals surface area contributed by atoms with Crippen LogP contribution in [0.15, 0.2) is 36.4 Å². The number of hydrogen-bond donors (Lipinski definition) is 3. The van der Waals surface area contributed by atoms with Gasteiger partial charge in [-0.25, -0.2) is 0 Å². The zero-order valence-electron chi connectivity index (χ0n) is 12.8. The highest BCUT2D eigenvalue weighted by molar-refractivity contribution is 7.80. The molecule has 1 aliphatic carbocycles. The van der Waals surface area contributed by atoms with Crippen LogP contribution in [-0.4, -0.2) is 16.3 Å². The number of thiocarbonyl (C=S) groups is 1. The highest BCUT2D eigenvalue weighted by Crippen LogP contribution is 2.30. The molecule has 1 fully saturated rings. The van der Waals surface area contributed by atoms with E-state index in [4.69, 9.17) is 12.2 Å². The fraction of sp³-hybridized carbons (Fsp3) is 0.389. The summed E-state index contributed by atoms with van der Waals surface area (Å²) in [7, 11) is 0. The zero-order valence-corrected chi connectivity index (χ0v) is 13.6. The van der Waals surface area contributed by atoms with E-state index in [9.17, 15) is 5.11 Å². The highest BCUT2D eigenvalue weighted by atomic mass is 32.1. The van der Waals surface area contributed by atoms with Crippen LogP contribution in [0.5, 0.6) is 5.75 Å². The van der Waals surface area contributed by atoms with Crippen molar-refractivity contribution >= 4 is 33.8 Å². The predicted octanol–water partition coefficient (Wildman–Crippen LogP) is 4.41. The van der Waals surface area contributed by atoms with Crippen LogP contribution in [0, 0.1) is 5.92 Å². The molecule has 116 valence electrons. The molecule has 0 bridgehead atoms. The minimum Gasteiger partial charge on any atom is -0.507 e. The number of rotatable bonds is 2. The Balaban J connectivity index is 1.75. The molecule has 0 amide bonds. The molecule has 0 radical (unpaired) electrons. The molecule has 1 aliphatic rings. The van der Waals surface area contributed by atoms with Crippen molar-refractivity contribution in [3.63, 3.8) is 0 Å². The van der Waals surface area contributed by atoms with E-state index in [-0.39, 0.29) is 0 Å². The second-order valence-corrected chi connectivity index (χ2v) is 6.55. The Morgan fingerprint density at radius 2 is 1.82 bits per heavy atom. The predicted molar refractivity (Wildman–Crippen MR) is 96.4 cm³/mol. The molecular formula is C18H22N2OS. The monoisotopic (exact) mass is 314 g/mol. The zero-order chi connectivity index (χ0) is 15.5. The molecule has 22 heavy (non-hydrogen) atoms. The number of anilines is 1. The summed E-state index contributed by atoms with van der Waals surface area (Å²) in [4.78, 5) is 0. The number of benzene rings is 2. The summed E-state index contributed by atoms with van der Waals surface area (Å²) in [5, 5.41) is 19.2. The Hall–Kier alpha value is -1.81. The molecule has 0 heterocycles. The van der Waals surface area contributed by atoms with Crippen molar-refractivity contribution in [2.75, 3.05) is 5.32 Å². The molecule has 0 aliphatic heterocycles. The van der Waals surface area contributed by atoms with Gasteiger partial charge in [0.05, 0.1) is 0 Å². The standard InChI is InChI=1S/C18H22N2OS/c1-12-6-2-3-9-15(12)19-18(22)20-16-10-4-8-14-13(16)7-5-11-17(14)21/h4-5,7-8,10-12,15,21H,2-3,6,9H2,1H3,(H2,19,20,22)/t12-,15-/m0/s1. The summed E-state index contributed by atoms with van der Waals surface area (Å²) in [6, 6.07) is 11.8. The van der Waals surface area contributed by atoms with Crippen LogP contribution in [0.2, 0.25) is 0 Å². The Labute approximate surface area is 136 Å². The van der Waals surface area contributed by atoms with E-state index in [2.05, 4.69) is 17.6 Å². The van der Waals surface area contributed by atoms with E-state index in [1.165, 1.54) is 25.7 Å². The van der Waals surface area contributed by atoms with Crippen molar-refractivity contribution in [1.82, 2.24) is 5.32 Å². The average molecular weight is 314 g/mol. The van der Waals surface area contributed by atoms with Crippen molar-refractivity contribution < 1.29 is 5.11 Å². The van der Waals surface area contributed by atoms with E-state index in [0.29, 0.717) is 22.8 Å². The van der Waals surface area contributed by atoms with Gasteiger partial charge in [0.15, 0.2) is 5.11 Å². The third kappa shape index (κ3) is 3.17. The van der Waals surface area contributed by atoms with E-state index < -0.39 is 0 Å². The molecule has 3 nitrogen and oxygen atoms in total. The maximum absolute atomic E-state index is 9.95. The van der Waals surface area contributed by atoms with Crippen LogP contribution in [0.1, 0.15) is 32.6 Å². The molecule has 0 unspecified atom stereocenters. The number of nitrogens with one attached hydrogen (secondary N) is 2. The van der Waals surface area contributed by atoms with Gasteiger partial charge in [0.25, 0.3) is 0 Å². The first kappa shape index (κ1) is 15.1. The lowest BCUT2D eigenvalue weighted by molar-refractivity contribution is 0.309. The van der Waals surface area contributed by atoms with Crippen molar-refractivity contribution in [2.24, 2.45) is 5.92 Å². The van der Waals surface area contributed by atoms with Gasteiger partial charge in [-0.05, 0) is 43.1 Å². The van der Waals surface area contributed by atoms with Crippen LogP contribution in [-0.2, 0) is 0 Å². The summed E-state index contributed by atoms with van der Waals surface area (Å²) in [6.07, 6.45) is 5.04. The number of hydrogen-bond acceptors (Lipinski definition) is 2. The molecule has 0 spiro atoms. The maximum atomic E-state index is 9.95. The fourth-order valence-electron chi connectivity index (χ4n) is 3.26. The molecule has 2 aromatic rings. The Kier molecular flexibility index (Phi) is 4.48. The van der Waals surface area contributed by atoms with Crippen molar-refractivity contribution in [3.8, 4) is 5.75 Å². The van der Waals surface area contributed by atoms with Crippen LogP contribution >= 0.6 is 12.2 Å². The molecule has 1 saturated carbocycles. The topological polar surface area (TPSA) is 44.3 Å². The van der Waals surface area contributed by atoms with Gasteiger partial charge in [0.1, 0.15) is 5.75 Å². The SMILES string of the molecule is C[C@H]1CCCC[C@@H]1NC(=S)Nc1cccc2c(O)cccc12. The second-order valence-electron chi connectivity index (χ2n) is 6.14. The number of phenols is 1. The van der Waals surface area contributed by atoms with Crippen LogP contribution < -0.4 is 10.6 Å². The first-order valence-electron chi connectivity index (χ1n) is 7.93. The summed E-state index contributed by atoms with van der Waals surface area (Å²) in [6.45, 7) is 2.29. The van der Waals surface area contributed by atoms with Gasteiger partial charge in [-0.15, -0.1) is 0 Å². The fourth-order valence-corrected chi connectivity index (χ4v) is 3.52. The quantitative estimate of drug-likeness (QED) is 0.718. The third-order valence-corrected chi connectivity index (χ3v) is 4.80. The lowest BCUT2D eigenvalue weighted by Crippen LogP contribution is -2.43. The first-order chi connectivity index (χ1) is 10.6. The number of aromatic hydroxyl groups is 1. The molecule has 0 saturated heterocycles. The van der Waals surface area contributed by atoms with Crippen molar-refractivity contribution in [1.29, 1.82) is 0 Å². The molecule has 3 N–H and O–H groups in total. The van der Waals surface area contributed by atoms with Gasteiger partial charge < -0.3 is 15.7 Å². The lowest BCUT2D eigenvalue weighted by Gasteiger charge is -2.30. The molecule has 3 rings (SSSR count). The summed E-state index contributed by atoms with van der Waals surface area (Å²) >= 11 is 5.48. The van der Waals surface area contributed by atoms with Gasteiger partial charge >= 0.3 is 0 Å². The van der Waals surface area contributed by atoms with Crippen molar-refractivity contribution in [2.45, 2.75) is 38.6 Å². The van der Waals surface area contributed by atoms with Gasteiger partial charge in [0.2, 0.25) is 0 Å². The summed E-state index contributed by atoms with van der Waals surface area (Å²) in [5.74, 6) is 0.950. The second kappa shape index (κ2) is 6.53. The molecule has 0 aromatic heterocycles. The maximum Gasteiger partial charge on any atom is 0.171 e. The third-order valence-electron chi connectivity index (χ3n) is 4.58. The van der Waals surface area contributed by atoms with Crippen LogP contribution in [0.3, 0.4) is 0 Å². The smallest absolute Gasteiger partial charge is 0.171 e. The van der Waals surface area contributed by atoms with E-state index in [1.807, 2.05) is 30.3 Å². The Morgan fingerprint density at radius 3 is 2.64 bits per heavy atom. The van der Waals surface area contributed by atoms with Crippen LogP contribution in [0.25, 0.3) is 10.8 Å². The van der Waals surface area contributed by atoms with Gasteiger partial charge in [0, 0.05) is 22.5 Å². The number of phenolic OH excluding ortho intramolecular Hbond substituents is 1. The normalized spacial score (nSPS) is 21.5. The van der Waals surface area contributed by atoms with E-state index in [0.717, 1.165) is 16.5 Å². The van der Waals surface area contributed by atoms with E-state index >= 15 is 0 Å². The molecule has 2 aromatic carbocycles. The molecule has 2 atom stereocenters. The van der Waals surface area contributed by atoms with E-state index in [1.54, 1.807) is 6.07 Å². The molecular weight excluding hydrogens is 292 g/mol. The largest absolute Gasteiger partial charge is 0.507 e. The minimum absolute atomic E-state index is 0.293.